The molecule has 1 aromatic carbocycles. The molecule has 4 heteroatoms. The zero-order valence-corrected chi connectivity index (χ0v) is 8.88. The van der Waals surface area contributed by atoms with Crippen LogP contribution in [0.15, 0.2) is 18.2 Å². The molecular formula is C10H11ClN2O. The number of nitriles is 1. The van der Waals surface area contributed by atoms with Crippen LogP contribution >= 0.6 is 11.6 Å². The molecule has 74 valence electrons. The quantitative estimate of drug-likeness (QED) is 0.567. The summed E-state index contributed by atoms with van der Waals surface area (Å²) in [6, 6.07) is 5.48. The van der Waals surface area contributed by atoms with Gasteiger partial charge in [0.25, 0.3) is 0 Å². The van der Waals surface area contributed by atoms with Gasteiger partial charge in [-0.3, -0.25) is 0 Å². The summed E-state index contributed by atoms with van der Waals surface area (Å²) in [7, 11) is 3.29. The molecule has 0 fully saturated rings. The van der Waals surface area contributed by atoms with Gasteiger partial charge in [-0.05, 0) is 17.7 Å². The molecule has 0 amide bonds. The van der Waals surface area contributed by atoms with E-state index in [1.54, 1.807) is 26.3 Å². The molecule has 0 aromatic heterocycles. The Morgan fingerprint density at radius 1 is 1.57 bits per heavy atom. The molecule has 14 heavy (non-hydrogen) atoms. The van der Waals surface area contributed by atoms with E-state index in [9.17, 15) is 0 Å². The van der Waals surface area contributed by atoms with Crippen molar-refractivity contribution in [1.29, 1.82) is 5.26 Å². The van der Waals surface area contributed by atoms with Crippen molar-refractivity contribution in [3.63, 3.8) is 0 Å². The molecule has 0 heterocycles. The van der Waals surface area contributed by atoms with Gasteiger partial charge >= 0.3 is 0 Å². The van der Waals surface area contributed by atoms with Crippen molar-refractivity contribution >= 4 is 11.6 Å². The third-order valence-electron chi connectivity index (χ3n) is 1.81. The summed E-state index contributed by atoms with van der Waals surface area (Å²) in [5.74, 6) is 0.648. The molecule has 0 radical (unpaired) electrons. The highest BCUT2D eigenvalue weighted by Gasteiger charge is 2.03. The minimum Gasteiger partial charge on any atom is -0.495 e. The Labute approximate surface area is 88.5 Å². The minimum atomic E-state index is 0.556. The Bertz CT molecular complexity index is 360. The first kappa shape index (κ1) is 10.7. The summed E-state index contributed by atoms with van der Waals surface area (Å²) in [5, 5.41) is 9.15. The maximum absolute atomic E-state index is 8.58. The molecule has 0 N–H and O–H groups in total. The first-order chi connectivity index (χ1) is 6.67. The highest BCUT2D eigenvalue weighted by molar-refractivity contribution is 6.32. The van der Waals surface area contributed by atoms with Gasteiger partial charge < -0.3 is 9.64 Å². The topological polar surface area (TPSA) is 36.3 Å². The molecular weight excluding hydrogens is 200 g/mol. The fourth-order valence-electron chi connectivity index (χ4n) is 1.12. The maximum atomic E-state index is 8.58. The number of benzene rings is 1. The lowest BCUT2D eigenvalue weighted by molar-refractivity contribution is 0.414. The van der Waals surface area contributed by atoms with E-state index >= 15 is 0 Å². The summed E-state index contributed by atoms with van der Waals surface area (Å²) in [6.07, 6.45) is 2.02. The smallest absolute Gasteiger partial charge is 0.179 e. The number of rotatable bonds is 3. The highest BCUT2D eigenvalue weighted by atomic mass is 35.5. The summed E-state index contributed by atoms with van der Waals surface area (Å²) in [6.45, 7) is 0.556. The van der Waals surface area contributed by atoms with Crippen LogP contribution in [0.25, 0.3) is 0 Å². The highest BCUT2D eigenvalue weighted by Crippen LogP contribution is 2.25. The predicted octanol–water partition coefficient (Wildman–Crippen LogP) is 2.26. The molecule has 1 aromatic rings. The van der Waals surface area contributed by atoms with Crippen LogP contribution in [0.2, 0.25) is 5.02 Å². The van der Waals surface area contributed by atoms with Crippen molar-refractivity contribution in [3.8, 4) is 11.9 Å². The van der Waals surface area contributed by atoms with E-state index in [4.69, 9.17) is 21.6 Å². The van der Waals surface area contributed by atoms with Crippen LogP contribution in [0.5, 0.6) is 5.75 Å². The summed E-state index contributed by atoms with van der Waals surface area (Å²) < 4.78 is 5.02. The molecule has 0 bridgehead atoms. The van der Waals surface area contributed by atoms with Crippen LogP contribution < -0.4 is 4.74 Å². The molecule has 0 aliphatic rings. The zero-order chi connectivity index (χ0) is 10.6. The van der Waals surface area contributed by atoms with E-state index in [1.165, 1.54) is 4.90 Å². The van der Waals surface area contributed by atoms with Gasteiger partial charge in [0.2, 0.25) is 0 Å². The SMILES string of the molecule is COc1ccc(CN(C)C#N)cc1Cl. The summed E-state index contributed by atoms with van der Waals surface area (Å²) >= 11 is 5.93. The number of halogens is 1. The van der Waals surface area contributed by atoms with E-state index in [2.05, 4.69) is 0 Å². The fourth-order valence-corrected chi connectivity index (χ4v) is 1.40. The molecule has 1 rings (SSSR count). The van der Waals surface area contributed by atoms with Crippen LogP contribution in [-0.2, 0) is 6.54 Å². The second kappa shape index (κ2) is 4.73. The standard InChI is InChI=1S/C10H11ClN2O/c1-13(7-12)6-8-3-4-10(14-2)9(11)5-8/h3-5H,6H2,1-2H3. The third-order valence-corrected chi connectivity index (χ3v) is 2.10. The summed E-state index contributed by atoms with van der Waals surface area (Å²) in [4.78, 5) is 1.53. The normalized spacial score (nSPS) is 9.29. The van der Waals surface area contributed by atoms with Gasteiger partial charge in [-0.1, -0.05) is 17.7 Å². The van der Waals surface area contributed by atoms with Crippen LogP contribution in [0, 0.1) is 11.5 Å². The Kier molecular flexibility index (Phi) is 3.61. The zero-order valence-electron chi connectivity index (χ0n) is 8.12. The lowest BCUT2D eigenvalue weighted by Gasteiger charge is -2.10. The van der Waals surface area contributed by atoms with Gasteiger partial charge in [-0.15, -0.1) is 0 Å². The Morgan fingerprint density at radius 2 is 2.29 bits per heavy atom. The van der Waals surface area contributed by atoms with E-state index in [1.807, 2.05) is 12.3 Å². The summed E-state index contributed by atoms with van der Waals surface area (Å²) in [5.41, 5.74) is 0.986. The molecule has 0 saturated heterocycles. The molecule has 0 unspecified atom stereocenters. The van der Waals surface area contributed by atoms with E-state index < -0.39 is 0 Å². The Morgan fingerprint density at radius 3 is 2.79 bits per heavy atom. The van der Waals surface area contributed by atoms with Gasteiger partial charge in [0.05, 0.1) is 18.7 Å². The van der Waals surface area contributed by atoms with Crippen molar-refractivity contribution in [2.24, 2.45) is 0 Å². The number of ether oxygens (including phenoxy) is 1. The van der Waals surface area contributed by atoms with Crippen molar-refractivity contribution in [2.75, 3.05) is 14.2 Å². The van der Waals surface area contributed by atoms with Crippen LogP contribution in [-0.4, -0.2) is 19.1 Å². The van der Waals surface area contributed by atoms with E-state index in [0.29, 0.717) is 17.3 Å². The van der Waals surface area contributed by atoms with Gasteiger partial charge in [0, 0.05) is 7.05 Å². The molecule has 3 nitrogen and oxygen atoms in total. The van der Waals surface area contributed by atoms with Crippen molar-refractivity contribution in [1.82, 2.24) is 4.90 Å². The maximum Gasteiger partial charge on any atom is 0.179 e. The van der Waals surface area contributed by atoms with Crippen molar-refractivity contribution in [2.45, 2.75) is 6.54 Å². The number of methoxy groups -OCH3 is 1. The second-order valence-electron chi connectivity index (χ2n) is 2.92. The minimum absolute atomic E-state index is 0.556. The monoisotopic (exact) mass is 210 g/mol. The second-order valence-corrected chi connectivity index (χ2v) is 3.33. The fraction of sp³-hybridized carbons (Fsp3) is 0.300. The van der Waals surface area contributed by atoms with Crippen LogP contribution in [0.3, 0.4) is 0 Å². The molecule has 0 saturated carbocycles. The first-order valence-electron chi connectivity index (χ1n) is 4.10. The van der Waals surface area contributed by atoms with E-state index in [0.717, 1.165) is 5.56 Å². The third kappa shape index (κ3) is 2.54. The lowest BCUT2D eigenvalue weighted by Crippen LogP contribution is -2.09. The average molecular weight is 211 g/mol. The van der Waals surface area contributed by atoms with Crippen LogP contribution in [0.1, 0.15) is 5.56 Å². The first-order valence-corrected chi connectivity index (χ1v) is 4.48. The van der Waals surface area contributed by atoms with Gasteiger partial charge in [-0.2, -0.15) is 5.26 Å². The van der Waals surface area contributed by atoms with E-state index in [-0.39, 0.29) is 0 Å². The molecule has 0 aliphatic heterocycles. The van der Waals surface area contributed by atoms with Gasteiger partial charge in [-0.25, -0.2) is 0 Å². The molecule has 0 spiro atoms. The Hall–Kier alpha value is -1.40. The number of nitrogens with zero attached hydrogens (tertiary/aromatic N) is 2. The van der Waals surface area contributed by atoms with Gasteiger partial charge in [0.15, 0.2) is 6.19 Å². The van der Waals surface area contributed by atoms with Crippen molar-refractivity contribution < 1.29 is 4.74 Å². The Balaban J connectivity index is 2.82. The molecule has 0 aliphatic carbocycles. The number of hydrogen-bond donors (Lipinski definition) is 0. The van der Waals surface area contributed by atoms with Crippen LogP contribution in [0.4, 0.5) is 0 Å². The molecule has 0 atom stereocenters. The largest absolute Gasteiger partial charge is 0.495 e. The average Bonchev–Trinajstić information content (AvgIpc) is 2.18. The lowest BCUT2D eigenvalue weighted by atomic mass is 10.2. The predicted molar refractivity (Wildman–Crippen MR) is 55.1 cm³/mol. The van der Waals surface area contributed by atoms with Crippen molar-refractivity contribution in [3.05, 3.63) is 28.8 Å². The number of hydrogen-bond acceptors (Lipinski definition) is 3. The van der Waals surface area contributed by atoms with Gasteiger partial charge in [0.1, 0.15) is 5.75 Å².